The summed E-state index contributed by atoms with van der Waals surface area (Å²) in [5, 5.41) is 22.9. The summed E-state index contributed by atoms with van der Waals surface area (Å²) in [5.74, 6) is 0.449. The van der Waals surface area contributed by atoms with Crippen LogP contribution in [-0.4, -0.2) is 23.2 Å². The van der Waals surface area contributed by atoms with Crippen molar-refractivity contribution in [2.45, 2.75) is 11.1 Å². The number of aromatic nitrogens is 1. The van der Waals surface area contributed by atoms with Crippen LogP contribution in [0.4, 0.5) is 30.2 Å². The van der Waals surface area contributed by atoms with E-state index in [1.807, 2.05) is 0 Å². The highest BCUT2D eigenvalue weighted by atomic mass is 32.2. The molecule has 0 saturated carbocycles. The second-order valence-corrected chi connectivity index (χ2v) is 9.06. The number of anilines is 1. The van der Waals surface area contributed by atoms with Crippen LogP contribution in [0.3, 0.4) is 0 Å². The van der Waals surface area contributed by atoms with Crippen LogP contribution in [0.5, 0.6) is 11.5 Å². The summed E-state index contributed by atoms with van der Waals surface area (Å²) in [6.07, 6.45) is -3.58. The number of halogens is 3. The van der Waals surface area contributed by atoms with E-state index in [-0.39, 0.29) is 34.5 Å². The zero-order valence-electron chi connectivity index (χ0n) is 18.2. The number of nitro benzene ring substituents is 2. The molecular formula is C22H13F3N4O7S. The van der Waals surface area contributed by atoms with E-state index in [9.17, 15) is 41.8 Å². The Morgan fingerprint density at radius 2 is 1.57 bits per heavy atom. The molecule has 1 N–H and O–H groups in total. The molecule has 0 atom stereocenters. The minimum Gasteiger partial charge on any atom is -0.457 e. The normalized spacial score (nSPS) is 11.8. The van der Waals surface area contributed by atoms with E-state index in [0.717, 1.165) is 0 Å². The highest BCUT2D eigenvalue weighted by molar-refractivity contribution is 7.92. The standard InChI is InChI=1S/C22H13F3N4O7S/c23-22(24,25)13-4-9-20(18(12-13)29(32)33)37(34,35)27-14-5-7-15(8-6-14)36-19-10-11-26-21-16(19)2-1-3-17(21)28(30)31/h1-12,27H. The van der Waals surface area contributed by atoms with E-state index in [1.54, 1.807) is 6.07 Å². The number of sulfonamides is 1. The zero-order valence-corrected chi connectivity index (χ0v) is 19.0. The van der Waals surface area contributed by atoms with Crippen LogP contribution in [0.2, 0.25) is 0 Å². The van der Waals surface area contributed by atoms with E-state index in [4.69, 9.17) is 4.74 Å². The Hall–Kier alpha value is -4.79. The molecule has 0 unspecified atom stereocenters. The first-order valence-electron chi connectivity index (χ1n) is 10.1. The quantitative estimate of drug-likeness (QED) is 0.235. The molecule has 15 heteroatoms. The average Bonchev–Trinajstić information content (AvgIpc) is 2.84. The van der Waals surface area contributed by atoms with Gasteiger partial charge in [0.05, 0.1) is 15.4 Å². The number of fused-ring (bicyclic) bond motifs is 1. The van der Waals surface area contributed by atoms with Crippen molar-refractivity contribution < 1.29 is 36.2 Å². The lowest BCUT2D eigenvalue weighted by Crippen LogP contribution is -2.16. The van der Waals surface area contributed by atoms with Gasteiger partial charge in [0.1, 0.15) is 11.5 Å². The number of hydrogen-bond acceptors (Lipinski definition) is 8. The predicted octanol–water partition coefficient (Wildman–Crippen LogP) is 5.66. The largest absolute Gasteiger partial charge is 0.457 e. The molecule has 0 fully saturated rings. The molecule has 0 amide bonds. The number of alkyl halides is 3. The Labute approximate surface area is 205 Å². The first-order chi connectivity index (χ1) is 17.4. The Balaban J connectivity index is 1.59. The number of nitrogens with zero attached hydrogens (tertiary/aromatic N) is 3. The number of non-ortho nitro benzene ring substituents is 1. The van der Waals surface area contributed by atoms with Gasteiger partial charge in [0.25, 0.3) is 21.4 Å². The number of nitro groups is 2. The molecule has 1 aromatic heterocycles. The van der Waals surface area contributed by atoms with E-state index in [2.05, 4.69) is 9.71 Å². The monoisotopic (exact) mass is 534 g/mol. The average molecular weight is 534 g/mol. The van der Waals surface area contributed by atoms with Crippen molar-refractivity contribution >= 4 is 38.0 Å². The first kappa shape index (κ1) is 25.3. The van der Waals surface area contributed by atoms with Crippen LogP contribution in [0, 0.1) is 20.2 Å². The maximum Gasteiger partial charge on any atom is 0.416 e. The fourth-order valence-electron chi connectivity index (χ4n) is 3.36. The van der Waals surface area contributed by atoms with Crippen molar-refractivity contribution in [3.63, 3.8) is 0 Å². The molecule has 1 heterocycles. The smallest absolute Gasteiger partial charge is 0.416 e. The highest BCUT2D eigenvalue weighted by Crippen LogP contribution is 2.36. The minimum absolute atomic E-state index is 0.0585. The Morgan fingerprint density at radius 3 is 2.19 bits per heavy atom. The van der Waals surface area contributed by atoms with Crippen LogP contribution in [0.1, 0.15) is 5.56 Å². The topological polar surface area (TPSA) is 155 Å². The van der Waals surface area contributed by atoms with Gasteiger partial charge in [-0.05, 0) is 48.5 Å². The van der Waals surface area contributed by atoms with E-state index < -0.39 is 42.2 Å². The lowest BCUT2D eigenvalue weighted by molar-refractivity contribution is -0.388. The van der Waals surface area contributed by atoms with Gasteiger partial charge in [0.2, 0.25) is 0 Å². The molecule has 0 radical (unpaired) electrons. The number of para-hydroxylation sites is 1. The summed E-state index contributed by atoms with van der Waals surface area (Å²) in [6, 6.07) is 12.1. The predicted molar refractivity (Wildman–Crippen MR) is 124 cm³/mol. The third kappa shape index (κ3) is 5.25. The van der Waals surface area contributed by atoms with Crippen LogP contribution in [0.25, 0.3) is 10.9 Å². The molecule has 0 saturated heterocycles. The van der Waals surface area contributed by atoms with Crippen molar-refractivity contribution in [3.8, 4) is 11.5 Å². The second-order valence-electron chi connectivity index (χ2n) is 7.41. The lowest BCUT2D eigenvalue weighted by atomic mass is 10.2. The first-order valence-corrected chi connectivity index (χ1v) is 11.5. The van der Waals surface area contributed by atoms with Crippen molar-refractivity contribution in [1.82, 2.24) is 4.98 Å². The van der Waals surface area contributed by atoms with Gasteiger partial charge in [-0.2, -0.15) is 13.2 Å². The van der Waals surface area contributed by atoms with Gasteiger partial charge >= 0.3 is 6.18 Å². The van der Waals surface area contributed by atoms with E-state index in [0.29, 0.717) is 17.5 Å². The fraction of sp³-hybridized carbons (Fsp3) is 0.0455. The third-order valence-corrected chi connectivity index (χ3v) is 6.44. The van der Waals surface area contributed by atoms with Crippen molar-refractivity contribution in [1.29, 1.82) is 0 Å². The number of pyridine rings is 1. The third-order valence-electron chi connectivity index (χ3n) is 5.01. The summed E-state index contributed by atoms with van der Waals surface area (Å²) >= 11 is 0. The van der Waals surface area contributed by atoms with Gasteiger partial charge in [0.15, 0.2) is 10.4 Å². The number of nitrogens with one attached hydrogen (secondary N) is 1. The van der Waals surface area contributed by atoms with E-state index in [1.165, 1.54) is 48.7 Å². The minimum atomic E-state index is -4.90. The highest BCUT2D eigenvalue weighted by Gasteiger charge is 2.35. The fourth-order valence-corrected chi connectivity index (χ4v) is 4.58. The van der Waals surface area contributed by atoms with Gasteiger partial charge < -0.3 is 4.74 Å². The number of ether oxygens (including phenoxy) is 1. The van der Waals surface area contributed by atoms with Crippen molar-refractivity contribution in [3.05, 3.63) is 98.7 Å². The summed E-state index contributed by atoms with van der Waals surface area (Å²) in [6.45, 7) is 0. The number of hydrogen-bond donors (Lipinski definition) is 1. The molecule has 0 aliphatic heterocycles. The molecule has 0 aliphatic rings. The van der Waals surface area contributed by atoms with Crippen LogP contribution >= 0.6 is 0 Å². The Morgan fingerprint density at radius 1 is 0.892 bits per heavy atom. The molecule has 4 rings (SSSR count). The van der Waals surface area contributed by atoms with Gasteiger partial charge in [-0.15, -0.1) is 0 Å². The molecule has 4 aromatic rings. The molecule has 0 bridgehead atoms. The summed E-state index contributed by atoms with van der Waals surface area (Å²) in [5.41, 5.74) is -2.77. The number of benzene rings is 3. The maximum absolute atomic E-state index is 12.9. The molecule has 11 nitrogen and oxygen atoms in total. The Bertz CT molecular complexity index is 1640. The summed E-state index contributed by atoms with van der Waals surface area (Å²) in [4.78, 5) is 23.8. The SMILES string of the molecule is O=[N+]([O-])c1cc(C(F)(F)F)ccc1S(=O)(=O)Nc1ccc(Oc2ccnc3c([N+](=O)[O-])cccc23)cc1. The lowest BCUT2D eigenvalue weighted by Gasteiger charge is -2.12. The Kier molecular flexibility index (Phi) is 6.39. The van der Waals surface area contributed by atoms with Gasteiger partial charge in [0, 0.05) is 29.4 Å². The maximum atomic E-state index is 12.9. The van der Waals surface area contributed by atoms with Crippen LogP contribution < -0.4 is 9.46 Å². The van der Waals surface area contributed by atoms with Gasteiger partial charge in [-0.3, -0.25) is 25.0 Å². The van der Waals surface area contributed by atoms with Crippen molar-refractivity contribution in [2.24, 2.45) is 0 Å². The molecule has 37 heavy (non-hydrogen) atoms. The molecule has 3 aromatic carbocycles. The van der Waals surface area contributed by atoms with Gasteiger partial charge in [-0.1, -0.05) is 6.07 Å². The van der Waals surface area contributed by atoms with Crippen LogP contribution in [-0.2, 0) is 16.2 Å². The molecule has 0 aliphatic carbocycles. The van der Waals surface area contributed by atoms with Crippen LogP contribution in [0.15, 0.2) is 77.8 Å². The molecular weight excluding hydrogens is 521 g/mol. The number of rotatable bonds is 7. The molecule has 190 valence electrons. The van der Waals surface area contributed by atoms with Crippen molar-refractivity contribution in [2.75, 3.05) is 4.72 Å². The summed E-state index contributed by atoms with van der Waals surface area (Å²) in [7, 11) is -4.64. The van der Waals surface area contributed by atoms with Gasteiger partial charge in [-0.25, -0.2) is 13.4 Å². The second kappa shape index (κ2) is 9.34. The molecule has 0 spiro atoms. The summed E-state index contributed by atoms with van der Waals surface area (Å²) < 4.78 is 72.0. The zero-order chi connectivity index (χ0) is 27.0. The van der Waals surface area contributed by atoms with E-state index >= 15 is 0 Å².